The largest absolute Gasteiger partial charge is 0.497 e. The van der Waals surface area contributed by atoms with Gasteiger partial charge in [0.1, 0.15) is 0 Å². The van der Waals surface area contributed by atoms with E-state index in [0.29, 0.717) is 51.6 Å². The summed E-state index contributed by atoms with van der Waals surface area (Å²) in [5.74, 6) is -2.04. The van der Waals surface area contributed by atoms with E-state index in [1.807, 2.05) is 74.5 Å². The van der Waals surface area contributed by atoms with Gasteiger partial charge in [-0.2, -0.15) is 0 Å². The molecular formula is C35H30N8O11. The summed E-state index contributed by atoms with van der Waals surface area (Å²) in [6.45, 7) is 3.66. The maximum absolute atomic E-state index is 14.1. The van der Waals surface area contributed by atoms with Crippen molar-refractivity contribution >= 4 is 22.7 Å². The lowest BCUT2D eigenvalue weighted by Crippen LogP contribution is -2.26. The molecular weight excluding hydrogens is 708 g/mol. The Morgan fingerprint density at radius 2 is 0.963 bits per heavy atom. The quantitative estimate of drug-likeness (QED) is 0.143. The fraction of sp³-hybridized carbons (Fsp3) is 0.143. The van der Waals surface area contributed by atoms with Crippen LogP contribution in [0.4, 0.5) is 22.7 Å². The average molecular weight is 739 g/mol. The molecule has 0 saturated carbocycles. The van der Waals surface area contributed by atoms with Crippen LogP contribution in [0.5, 0.6) is 5.75 Å². The van der Waals surface area contributed by atoms with Crippen LogP contribution < -0.4 is 11.1 Å². The molecule has 0 saturated heterocycles. The summed E-state index contributed by atoms with van der Waals surface area (Å²) in [6, 6.07) is 25.5. The molecule has 19 nitrogen and oxygen atoms in total. The molecule has 0 bridgehead atoms. The Bertz CT molecular complexity index is 2430. The zero-order chi connectivity index (χ0) is 39.6. The summed E-state index contributed by atoms with van der Waals surface area (Å²) in [5.41, 5.74) is 0.260. The number of nitro groups is 4. The summed E-state index contributed by atoms with van der Waals surface area (Å²) >= 11 is 0. The zero-order valence-corrected chi connectivity index (χ0v) is 28.9. The predicted octanol–water partition coefficient (Wildman–Crippen LogP) is 5.49. The Morgan fingerprint density at radius 1 is 0.556 bits per heavy atom. The molecule has 2 heterocycles. The molecule has 0 aliphatic carbocycles. The Labute approximate surface area is 303 Å². The number of phenolic OH excluding ortho intramolecular Hbond substituents is 1. The number of aromatic nitrogens is 4. The van der Waals surface area contributed by atoms with Gasteiger partial charge in [-0.1, -0.05) is 48.5 Å². The van der Waals surface area contributed by atoms with Gasteiger partial charge < -0.3 is 5.11 Å². The third-order valence-corrected chi connectivity index (χ3v) is 8.85. The van der Waals surface area contributed by atoms with Crippen LogP contribution in [0.25, 0.3) is 11.4 Å². The molecule has 0 unspecified atom stereocenters. The molecule has 6 aromatic rings. The van der Waals surface area contributed by atoms with Crippen molar-refractivity contribution in [1.29, 1.82) is 0 Å². The lowest BCUT2D eigenvalue weighted by Gasteiger charge is -2.16. The van der Waals surface area contributed by atoms with E-state index in [2.05, 4.69) is 0 Å². The number of rotatable bonds is 9. The van der Waals surface area contributed by atoms with Crippen molar-refractivity contribution < 1.29 is 24.8 Å². The average Bonchev–Trinajstić information content (AvgIpc) is 3.50. The Hall–Kier alpha value is -7.70. The van der Waals surface area contributed by atoms with E-state index in [1.54, 1.807) is 45.0 Å². The highest BCUT2D eigenvalue weighted by Gasteiger charge is 2.34. The van der Waals surface area contributed by atoms with Crippen molar-refractivity contribution in [1.82, 2.24) is 18.7 Å². The lowest BCUT2D eigenvalue weighted by atomic mass is 9.85. The summed E-state index contributed by atoms with van der Waals surface area (Å²) in [5, 5.41) is 51.9. The van der Waals surface area contributed by atoms with E-state index in [-0.39, 0.29) is 16.8 Å². The molecule has 0 amide bonds. The van der Waals surface area contributed by atoms with Gasteiger partial charge in [0.05, 0.1) is 54.3 Å². The Morgan fingerprint density at radius 3 is 1.33 bits per heavy atom. The fourth-order valence-corrected chi connectivity index (χ4v) is 6.11. The van der Waals surface area contributed by atoms with Crippen LogP contribution in [0.15, 0.2) is 107 Å². The first-order valence-corrected chi connectivity index (χ1v) is 15.8. The molecule has 0 atom stereocenters. The maximum atomic E-state index is 14.1. The van der Waals surface area contributed by atoms with Gasteiger partial charge in [-0.25, -0.2) is 9.36 Å². The molecule has 0 fully saturated rings. The molecule has 19 heteroatoms. The van der Waals surface area contributed by atoms with E-state index < -0.39 is 48.4 Å². The van der Waals surface area contributed by atoms with Crippen molar-refractivity contribution in [3.8, 4) is 17.1 Å². The second kappa shape index (κ2) is 14.9. The van der Waals surface area contributed by atoms with Gasteiger partial charge in [0.2, 0.25) is 0 Å². The van der Waals surface area contributed by atoms with Crippen LogP contribution in [-0.4, -0.2) is 43.5 Å². The van der Waals surface area contributed by atoms with E-state index in [9.17, 15) is 50.0 Å². The Kier molecular flexibility index (Phi) is 10.3. The number of benzene rings is 4. The summed E-state index contributed by atoms with van der Waals surface area (Å²) < 4.78 is 6.63. The molecule has 0 aliphatic heterocycles. The molecule has 0 spiro atoms. The van der Waals surface area contributed by atoms with E-state index >= 15 is 0 Å². The molecule has 6 rings (SSSR count). The van der Waals surface area contributed by atoms with Crippen molar-refractivity contribution in [2.75, 3.05) is 0 Å². The molecule has 4 aromatic carbocycles. The van der Waals surface area contributed by atoms with Crippen LogP contribution in [0.1, 0.15) is 34.0 Å². The molecule has 276 valence electrons. The Balaban J connectivity index is 0.000000294. The third-order valence-electron chi connectivity index (χ3n) is 8.85. The standard InChI is InChI=1S/C29H27N5O4.C6H3N3O7/c1-19-25(28(35)32(30(19)3)22-13-7-5-8-14-22)27(21-12-11-17-24(18-21)34(37)38)26-20(2)31(4)33(29(26)36)23-15-9-6-10-16-23;10-6-4(8(13)14)1-3(7(11)12)2-5(6)9(15)16/h5-18,27H,1-4H3;1-2,10H. The van der Waals surface area contributed by atoms with Crippen LogP contribution in [-0.2, 0) is 14.1 Å². The number of para-hydroxylation sites is 2. The van der Waals surface area contributed by atoms with Crippen molar-refractivity contribution in [2.45, 2.75) is 19.8 Å². The number of phenols is 1. The summed E-state index contributed by atoms with van der Waals surface area (Å²) in [7, 11) is 3.58. The van der Waals surface area contributed by atoms with Crippen molar-refractivity contribution in [3.63, 3.8) is 0 Å². The normalized spacial score (nSPS) is 10.8. The maximum Gasteiger partial charge on any atom is 0.324 e. The highest BCUT2D eigenvalue weighted by atomic mass is 16.6. The van der Waals surface area contributed by atoms with Crippen molar-refractivity contribution in [3.05, 3.63) is 186 Å². The molecule has 54 heavy (non-hydrogen) atoms. The zero-order valence-electron chi connectivity index (χ0n) is 28.9. The van der Waals surface area contributed by atoms with E-state index in [1.165, 1.54) is 12.1 Å². The number of nitro benzene ring substituents is 4. The summed E-state index contributed by atoms with van der Waals surface area (Å²) in [4.78, 5) is 67.2. The van der Waals surface area contributed by atoms with Crippen molar-refractivity contribution in [2.24, 2.45) is 14.1 Å². The molecule has 0 radical (unpaired) electrons. The number of aromatic hydroxyl groups is 1. The topological polar surface area (TPSA) is 247 Å². The number of nitrogens with zero attached hydrogens (tertiary/aromatic N) is 8. The fourth-order valence-electron chi connectivity index (χ4n) is 6.11. The van der Waals surface area contributed by atoms with Gasteiger partial charge in [0.25, 0.3) is 28.2 Å². The predicted molar refractivity (Wildman–Crippen MR) is 194 cm³/mol. The monoisotopic (exact) mass is 738 g/mol. The van der Waals surface area contributed by atoms with Crippen LogP contribution in [0.2, 0.25) is 0 Å². The molecule has 2 aromatic heterocycles. The van der Waals surface area contributed by atoms with Gasteiger partial charge in [-0.15, -0.1) is 0 Å². The molecule has 0 aliphatic rings. The molecule has 1 N–H and O–H groups in total. The van der Waals surface area contributed by atoms with Gasteiger partial charge in [-0.3, -0.25) is 59.4 Å². The highest BCUT2D eigenvalue weighted by Crippen LogP contribution is 2.39. The lowest BCUT2D eigenvalue weighted by molar-refractivity contribution is -0.404. The van der Waals surface area contributed by atoms with E-state index in [0.717, 1.165) is 0 Å². The summed E-state index contributed by atoms with van der Waals surface area (Å²) in [6.07, 6.45) is 0. The van der Waals surface area contributed by atoms with Gasteiger partial charge in [-0.05, 0) is 43.7 Å². The van der Waals surface area contributed by atoms with Gasteiger partial charge >= 0.3 is 11.4 Å². The number of non-ortho nitro benzene ring substituents is 2. The first-order chi connectivity index (χ1) is 25.6. The first kappa shape index (κ1) is 37.6. The minimum absolute atomic E-state index is 0.110. The minimum Gasteiger partial charge on any atom is -0.497 e. The SMILES string of the molecule is Cc1c(C(c2cccc([N+](=O)[O-])c2)c2c(C)n(C)n(-c3ccccc3)c2=O)c(=O)n(-c2ccccc2)n1C.O=[N+]([O-])c1cc([N+](=O)[O-])c(O)c([N+](=O)[O-])c1. The highest BCUT2D eigenvalue weighted by molar-refractivity contribution is 5.64. The second-order valence-corrected chi connectivity index (χ2v) is 11.8. The number of hydrogen-bond donors (Lipinski definition) is 1. The van der Waals surface area contributed by atoms with Gasteiger partial charge in [0.15, 0.2) is 0 Å². The van der Waals surface area contributed by atoms with E-state index in [4.69, 9.17) is 5.11 Å². The minimum atomic E-state index is -1.21. The van der Waals surface area contributed by atoms with Crippen LogP contribution in [0, 0.1) is 54.3 Å². The van der Waals surface area contributed by atoms with Crippen LogP contribution >= 0.6 is 0 Å². The smallest absolute Gasteiger partial charge is 0.324 e. The third kappa shape index (κ3) is 6.83. The van der Waals surface area contributed by atoms with Gasteiger partial charge in [0, 0.05) is 43.5 Å². The van der Waals surface area contributed by atoms with Crippen LogP contribution in [0.3, 0.4) is 0 Å². The number of hydrogen-bond acceptors (Lipinski definition) is 11. The first-order valence-electron chi connectivity index (χ1n) is 15.8. The second-order valence-electron chi connectivity index (χ2n) is 11.8.